The SMILES string of the molecule is CCCCCCCCCCCC(=O)OC[C@H](COP(=O)(O)OC[C@H](O)COP(=O)(O)OC[C@@H](COC(=O)CCCCCCCCCCCCCCCCCCC(C)C)OC(=O)CCCCCCCCCCCCCCCCCCC(C)C)OC(=O)CCCCCCCCCCCCC(C)CC. The Kier molecular flexibility index (Phi) is 70.9. The van der Waals surface area contributed by atoms with Gasteiger partial charge in [-0.25, -0.2) is 9.13 Å². The lowest BCUT2D eigenvalue weighted by atomic mass is 9.99. The van der Waals surface area contributed by atoms with Crippen molar-refractivity contribution in [2.24, 2.45) is 17.8 Å². The average Bonchev–Trinajstić information content (AvgIpc) is 0.920. The van der Waals surface area contributed by atoms with Crippen LogP contribution in [0.25, 0.3) is 0 Å². The molecule has 3 N–H and O–H groups in total. The summed E-state index contributed by atoms with van der Waals surface area (Å²) < 4.78 is 68.7. The molecule has 0 radical (unpaired) electrons. The summed E-state index contributed by atoms with van der Waals surface area (Å²) in [5.41, 5.74) is 0. The lowest BCUT2D eigenvalue weighted by molar-refractivity contribution is -0.161. The van der Waals surface area contributed by atoms with Crippen molar-refractivity contribution in [3.63, 3.8) is 0 Å². The lowest BCUT2D eigenvalue weighted by Crippen LogP contribution is -2.30. The van der Waals surface area contributed by atoms with Crippen molar-refractivity contribution >= 4 is 39.5 Å². The molecule has 17 nitrogen and oxygen atoms in total. The van der Waals surface area contributed by atoms with E-state index in [-0.39, 0.29) is 25.7 Å². The number of ether oxygens (including phenoxy) is 4. The maximum absolute atomic E-state index is 13.1. The molecule has 0 fully saturated rings. The minimum atomic E-state index is -4.96. The number of esters is 4. The van der Waals surface area contributed by atoms with Gasteiger partial charge in [0.1, 0.15) is 19.3 Å². The molecule has 0 aliphatic heterocycles. The van der Waals surface area contributed by atoms with Crippen LogP contribution < -0.4 is 0 Å². The van der Waals surface area contributed by atoms with Gasteiger partial charge < -0.3 is 33.8 Å². The van der Waals surface area contributed by atoms with E-state index in [9.17, 15) is 43.2 Å². The maximum Gasteiger partial charge on any atom is 0.472 e. The van der Waals surface area contributed by atoms with Crippen LogP contribution >= 0.6 is 15.6 Å². The maximum atomic E-state index is 13.1. The molecule has 0 bridgehead atoms. The standard InChI is InChI=1S/C82H160O17P2/c1-8-10-11-12-13-32-42-49-56-63-79(84)92-69-77(99-82(87)66-59-52-45-38-31-30-35-41-48-55-62-75(7)9-2)71-96-100(88,89)94-67-76(83)68-95-101(90,91)97-72-78(98-81(86)65-58-51-44-37-29-25-21-17-15-19-23-27-34-40-47-54-61-74(5)6)70-93-80(85)64-57-50-43-36-28-24-20-16-14-18-22-26-33-39-46-53-60-73(3)4/h73-78,83H,8-72H2,1-7H3,(H,88,89)(H,90,91)/t75?,76-,77+,78+/m0/s1. The molecule has 0 spiro atoms. The number of aliphatic hydroxyl groups is 1. The molecule has 0 heterocycles. The highest BCUT2D eigenvalue weighted by molar-refractivity contribution is 7.47. The minimum absolute atomic E-state index is 0.106. The van der Waals surface area contributed by atoms with E-state index in [1.807, 2.05) is 0 Å². The molecule has 0 amide bonds. The quantitative estimate of drug-likeness (QED) is 0.0222. The van der Waals surface area contributed by atoms with E-state index in [0.717, 1.165) is 108 Å². The van der Waals surface area contributed by atoms with Crippen molar-refractivity contribution < 1.29 is 80.2 Å². The second-order valence-corrected chi connectivity index (χ2v) is 33.6. The number of phosphoric acid groups is 2. The van der Waals surface area contributed by atoms with Crippen molar-refractivity contribution in [2.45, 2.75) is 446 Å². The Morgan fingerprint density at radius 3 is 0.752 bits per heavy atom. The summed E-state index contributed by atoms with van der Waals surface area (Å²) in [7, 11) is -9.92. The van der Waals surface area contributed by atoms with Gasteiger partial charge in [-0.15, -0.1) is 0 Å². The zero-order chi connectivity index (χ0) is 74.4. The van der Waals surface area contributed by atoms with Crippen LogP contribution in [0.2, 0.25) is 0 Å². The summed E-state index contributed by atoms with van der Waals surface area (Å²) in [6.07, 6.45) is 61.0. The molecule has 3 unspecified atom stereocenters. The van der Waals surface area contributed by atoms with Gasteiger partial charge in [-0.3, -0.25) is 37.3 Å². The fourth-order valence-corrected chi connectivity index (χ4v) is 14.2. The van der Waals surface area contributed by atoms with E-state index in [0.29, 0.717) is 25.7 Å². The monoisotopic (exact) mass is 1480 g/mol. The molecule has 0 aliphatic rings. The summed E-state index contributed by atoms with van der Waals surface area (Å²) in [5, 5.41) is 10.6. The summed E-state index contributed by atoms with van der Waals surface area (Å²) in [6.45, 7) is 12.0. The summed E-state index contributed by atoms with van der Waals surface area (Å²) in [4.78, 5) is 73.0. The molecule has 0 saturated carbocycles. The first-order chi connectivity index (χ1) is 48.8. The Bertz CT molecular complexity index is 1960. The van der Waals surface area contributed by atoms with Gasteiger partial charge in [-0.1, -0.05) is 376 Å². The van der Waals surface area contributed by atoms with Crippen LogP contribution in [-0.2, 0) is 65.4 Å². The molecule has 0 aliphatic carbocycles. The highest BCUT2D eigenvalue weighted by Gasteiger charge is 2.30. The van der Waals surface area contributed by atoms with Crippen molar-refractivity contribution in [3.05, 3.63) is 0 Å². The van der Waals surface area contributed by atoms with Gasteiger partial charge >= 0.3 is 39.5 Å². The third-order valence-electron chi connectivity index (χ3n) is 19.5. The van der Waals surface area contributed by atoms with Crippen LogP contribution in [0.3, 0.4) is 0 Å². The number of hydrogen-bond acceptors (Lipinski definition) is 15. The Morgan fingerprint density at radius 1 is 0.287 bits per heavy atom. The van der Waals surface area contributed by atoms with E-state index < -0.39 is 97.5 Å². The second-order valence-electron chi connectivity index (χ2n) is 30.7. The Labute approximate surface area is 619 Å². The molecular formula is C82H160O17P2. The molecule has 101 heavy (non-hydrogen) atoms. The Hall–Kier alpha value is -1.94. The topological polar surface area (TPSA) is 237 Å². The predicted octanol–water partition coefficient (Wildman–Crippen LogP) is 24.5. The summed E-state index contributed by atoms with van der Waals surface area (Å²) in [6, 6.07) is 0. The average molecular weight is 1480 g/mol. The van der Waals surface area contributed by atoms with Gasteiger partial charge in [0.05, 0.1) is 26.4 Å². The first kappa shape index (κ1) is 99.1. The van der Waals surface area contributed by atoms with Gasteiger partial charge in [-0.05, 0) is 43.4 Å². The van der Waals surface area contributed by atoms with E-state index in [2.05, 4.69) is 48.5 Å². The van der Waals surface area contributed by atoms with E-state index in [1.165, 1.54) is 238 Å². The molecule has 0 rings (SSSR count). The van der Waals surface area contributed by atoms with Gasteiger partial charge in [-0.2, -0.15) is 0 Å². The van der Waals surface area contributed by atoms with E-state index >= 15 is 0 Å². The van der Waals surface area contributed by atoms with Crippen LogP contribution in [0.4, 0.5) is 0 Å². The van der Waals surface area contributed by atoms with Gasteiger partial charge in [0.25, 0.3) is 0 Å². The Balaban J connectivity index is 5.22. The van der Waals surface area contributed by atoms with Crippen molar-refractivity contribution in [1.29, 1.82) is 0 Å². The molecule has 19 heteroatoms. The third kappa shape index (κ3) is 74.7. The second kappa shape index (κ2) is 72.3. The smallest absolute Gasteiger partial charge is 0.462 e. The zero-order valence-electron chi connectivity index (χ0n) is 66.4. The van der Waals surface area contributed by atoms with Crippen LogP contribution in [-0.4, -0.2) is 96.7 Å². The molecular weight excluding hydrogens is 1320 g/mol. The van der Waals surface area contributed by atoms with E-state index in [1.54, 1.807) is 0 Å². The number of unbranched alkanes of at least 4 members (excludes halogenated alkanes) is 47. The molecule has 0 aromatic heterocycles. The number of phosphoric ester groups is 2. The predicted molar refractivity (Wildman–Crippen MR) is 414 cm³/mol. The van der Waals surface area contributed by atoms with Gasteiger partial charge in [0.15, 0.2) is 12.2 Å². The van der Waals surface area contributed by atoms with Crippen LogP contribution in [0.1, 0.15) is 427 Å². The number of carbonyl (C=O) groups excluding carboxylic acids is 4. The molecule has 0 saturated heterocycles. The fraction of sp³-hybridized carbons (Fsp3) is 0.951. The minimum Gasteiger partial charge on any atom is -0.462 e. The highest BCUT2D eigenvalue weighted by Crippen LogP contribution is 2.45. The first-order valence-corrected chi connectivity index (χ1v) is 45.4. The number of hydrogen-bond donors (Lipinski definition) is 3. The normalized spacial score (nSPS) is 14.2. The molecule has 0 aromatic rings. The number of carbonyl (C=O) groups is 4. The third-order valence-corrected chi connectivity index (χ3v) is 21.4. The van der Waals surface area contributed by atoms with Crippen LogP contribution in [0.5, 0.6) is 0 Å². The molecule has 6 atom stereocenters. The number of rotatable bonds is 80. The highest BCUT2D eigenvalue weighted by atomic mass is 31.2. The van der Waals surface area contributed by atoms with Gasteiger partial charge in [0.2, 0.25) is 0 Å². The molecule has 0 aromatic carbocycles. The summed E-state index contributed by atoms with van der Waals surface area (Å²) >= 11 is 0. The van der Waals surface area contributed by atoms with Crippen LogP contribution in [0.15, 0.2) is 0 Å². The first-order valence-electron chi connectivity index (χ1n) is 42.4. The lowest BCUT2D eigenvalue weighted by Gasteiger charge is -2.21. The van der Waals surface area contributed by atoms with Crippen molar-refractivity contribution in [1.82, 2.24) is 0 Å². The fourth-order valence-electron chi connectivity index (χ4n) is 12.6. The number of aliphatic hydroxyl groups excluding tert-OH is 1. The van der Waals surface area contributed by atoms with Crippen LogP contribution in [0, 0.1) is 17.8 Å². The largest absolute Gasteiger partial charge is 0.472 e. The van der Waals surface area contributed by atoms with Gasteiger partial charge in [0, 0.05) is 25.7 Å². The Morgan fingerprint density at radius 2 is 0.505 bits per heavy atom. The summed E-state index contributed by atoms with van der Waals surface area (Å²) in [5.74, 6) is 0.315. The van der Waals surface area contributed by atoms with Crippen molar-refractivity contribution in [3.8, 4) is 0 Å². The van der Waals surface area contributed by atoms with Crippen molar-refractivity contribution in [2.75, 3.05) is 39.6 Å². The molecule has 600 valence electrons. The van der Waals surface area contributed by atoms with E-state index in [4.69, 9.17) is 37.0 Å². The zero-order valence-corrected chi connectivity index (χ0v) is 68.2.